The Hall–Kier alpha value is -0.790. The van der Waals surface area contributed by atoms with Gasteiger partial charge in [-0.3, -0.25) is 4.79 Å². The fourth-order valence-electron chi connectivity index (χ4n) is 3.26. The van der Waals surface area contributed by atoms with Crippen molar-refractivity contribution in [2.75, 3.05) is 0 Å². The molecule has 3 rings (SSSR count). The number of rotatable bonds is 1. The van der Waals surface area contributed by atoms with E-state index in [1.54, 1.807) is 0 Å². The van der Waals surface area contributed by atoms with Gasteiger partial charge < -0.3 is 5.11 Å². The molecule has 2 nitrogen and oxygen atoms in total. The number of carboxylic acids is 1. The molecule has 0 aromatic carbocycles. The van der Waals surface area contributed by atoms with Crippen molar-refractivity contribution in [2.45, 2.75) is 19.3 Å². The van der Waals surface area contributed by atoms with Crippen molar-refractivity contribution in [1.29, 1.82) is 0 Å². The molecule has 3 atom stereocenters. The van der Waals surface area contributed by atoms with Crippen LogP contribution < -0.4 is 0 Å². The van der Waals surface area contributed by atoms with Crippen LogP contribution in [0.5, 0.6) is 0 Å². The maximum absolute atomic E-state index is 10.9. The van der Waals surface area contributed by atoms with Gasteiger partial charge in [0.15, 0.2) is 0 Å². The molecule has 3 aliphatic carbocycles. The SMILES string of the molecule is O=C(O)[C@@H]1C[C@H]2C=C[C@@H]1C21CC1. The van der Waals surface area contributed by atoms with Crippen LogP contribution in [-0.4, -0.2) is 11.1 Å². The summed E-state index contributed by atoms with van der Waals surface area (Å²) in [5.74, 6) is 0.323. The van der Waals surface area contributed by atoms with Gasteiger partial charge in [0.05, 0.1) is 5.92 Å². The summed E-state index contributed by atoms with van der Waals surface area (Å²) in [5.41, 5.74) is 0.434. The normalized spacial score (nSPS) is 45.5. The lowest BCUT2D eigenvalue weighted by Crippen LogP contribution is -2.20. The van der Waals surface area contributed by atoms with E-state index in [1.165, 1.54) is 12.8 Å². The molecular weight excluding hydrogens is 152 g/mol. The van der Waals surface area contributed by atoms with E-state index in [1.807, 2.05) is 0 Å². The Morgan fingerprint density at radius 2 is 2.17 bits per heavy atom. The van der Waals surface area contributed by atoms with Crippen LogP contribution in [0.25, 0.3) is 0 Å². The minimum Gasteiger partial charge on any atom is -0.481 e. The summed E-state index contributed by atoms with van der Waals surface area (Å²) in [6.07, 6.45) is 7.83. The molecule has 0 saturated heterocycles. The maximum atomic E-state index is 10.9. The number of hydrogen-bond donors (Lipinski definition) is 1. The Labute approximate surface area is 71.3 Å². The summed E-state index contributed by atoms with van der Waals surface area (Å²) in [5, 5.41) is 8.96. The average Bonchev–Trinajstić information content (AvgIpc) is 2.69. The maximum Gasteiger partial charge on any atom is 0.307 e. The lowest BCUT2D eigenvalue weighted by atomic mass is 9.89. The first kappa shape index (κ1) is 6.70. The van der Waals surface area contributed by atoms with Gasteiger partial charge in [0.1, 0.15) is 0 Å². The highest BCUT2D eigenvalue weighted by Gasteiger charge is 2.64. The molecule has 2 fully saturated rings. The van der Waals surface area contributed by atoms with Crippen LogP contribution in [-0.2, 0) is 4.79 Å². The topological polar surface area (TPSA) is 37.3 Å². The summed E-state index contributed by atoms with van der Waals surface area (Å²) in [6.45, 7) is 0. The van der Waals surface area contributed by atoms with E-state index in [4.69, 9.17) is 5.11 Å². The van der Waals surface area contributed by atoms with Crippen molar-refractivity contribution in [3.63, 3.8) is 0 Å². The number of carboxylic acid groups (broad SMARTS) is 1. The Kier molecular flexibility index (Phi) is 0.980. The van der Waals surface area contributed by atoms with Gasteiger partial charge in [0, 0.05) is 0 Å². The van der Waals surface area contributed by atoms with Crippen LogP contribution in [0.1, 0.15) is 19.3 Å². The van der Waals surface area contributed by atoms with Crippen LogP contribution >= 0.6 is 0 Å². The van der Waals surface area contributed by atoms with Crippen molar-refractivity contribution >= 4 is 5.97 Å². The second-order valence-electron chi connectivity index (χ2n) is 4.43. The Balaban J connectivity index is 1.97. The van der Waals surface area contributed by atoms with E-state index in [2.05, 4.69) is 12.2 Å². The summed E-state index contributed by atoms with van der Waals surface area (Å²) in [6, 6.07) is 0. The van der Waals surface area contributed by atoms with Crippen molar-refractivity contribution < 1.29 is 9.90 Å². The summed E-state index contributed by atoms with van der Waals surface area (Å²) >= 11 is 0. The summed E-state index contributed by atoms with van der Waals surface area (Å²) in [4.78, 5) is 10.9. The van der Waals surface area contributed by atoms with Crippen molar-refractivity contribution in [3.05, 3.63) is 12.2 Å². The van der Waals surface area contributed by atoms with Gasteiger partial charge in [-0.2, -0.15) is 0 Å². The molecule has 0 radical (unpaired) electrons. The van der Waals surface area contributed by atoms with E-state index in [0.717, 1.165) is 6.42 Å². The third-order valence-electron chi connectivity index (χ3n) is 4.04. The van der Waals surface area contributed by atoms with Gasteiger partial charge in [0.2, 0.25) is 0 Å². The second-order valence-corrected chi connectivity index (χ2v) is 4.43. The molecule has 0 heterocycles. The second kappa shape index (κ2) is 1.76. The molecule has 0 aromatic heterocycles. The molecule has 2 heteroatoms. The average molecular weight is 164 g/mol. The predicted octanol–water partition coefficient (Wildman–Crippen LogP) is 1.67. The molecule has 2 saturated carbocycles. The molecule has 2 bridgehead atoms. The molecule has 64 valence electrons. The minimum absolute atomic E-state index is 0.0671. The van der Waals surface area contributed by atoms with Crippen molar-refractivity contribution in [1.82, 2.24) is 0 Å². The molecule has 0 amide bonds. The zero-order chi connectivity index (χ0) is 8.34. The predicted molar refractivity (Wildman–Crippen MR) is 43.5 cm³/mol. The number of aliphatic carboxylic acids is 1. The van der Waals surface area contributed by atoms with Crippen LogP contribution in [0.4, 0.5) is 0 Å². The standard InChI is InChI=1S/C10H12O2/c11-9(12)7-5-6-1-2-8(7)10(6)3-4-10/h1-2,6-8H,3-5H2,(H,11,12)/t6-,7-,8+/m1/s1. The van der Waals surface area contributed by atoms with Crippen molar-refractivity contribution in [2.24, 2.45) is 23.2 Å². The van der Waals surface area contributed by atoms with Crippen LogP contribution in [0.3, 0.4) is 0 Å². The smallest absolute Gasteiger partial charge is 0.307 e. The first-order chi connectivity index (χ1) is 5.74. The zero-order valence-electron chi connectivity index (χ0n) is 6.86. The summed E-state index contributed by atoms with van der Waals surface area (Å²) in [7, 11) is 0. The Bertz CT molecular complexity index is 276. The van der Waals surface area contributed by atoms with E-state index in [-0.39, 0.29) is 5.92 Å². The zero-order valence-corrected chi connectivity index (χ0v) is 6.86. The third-order valence-corrected chi connectivity index (χ3v) is 4.04. The highest BCUT2D eigenvalue weighted by Crippen LogP contribution is 2.70. The first-order valence-electron chi connectivity index (χ1n) is 4.65. The van der Waals surface area contributed by atoms with Crippen molar-refractivity contribution in [3.8, 4) is 0 Å². The van der Waals surface area contributed by atoms with Gasteiger partial charge in [-0.1, -0.05) is 12.2 Å². The number of allylic oxidation sites excluding steroid dienone is 2. The Morgan fingerprint density at radius 3 is 2.58 bits per heavy atom. The fraction of sp³-hybridized carbons (Fsp3) is 0.700. The lowest BCUT2D eigenvalue weighted by molar-refractivity contribution is -0.142. The van der Waals surface area contributed by atoms with E-state index in [9.17, 15) is 4.79 Å². The van der Waals surface area contributed by atoms with Gasteiger partial charge in [-0.05, 0) is 36.5 Å². The van der Waals surface area contributed by atoms with E-state index >= 15 is 0 Å². The molecule has 0 aliphatic heterocycles. The lowest BCUT2D eigenvalue weighted by Gasteiger charge is -2.14. The minimum atomic E-state index is -0.585. The summed E-state index contributed by atoms with van der Waals surface area (Å²) < 4.78 is 0. The van der Waals surface area contributed by atoms with E-state index in [0.29, 0.717) is 17.3 Å². The van der Waals surface area contributed by atoms with Crippen LogP contribution in [0.2, 0.25) is 0 Å². The fourth-order valence-corrected chi connectivity index (χ4v) is 3.26. The van der Waals surface area contributed by atoms with Crippen LogP contribution in [0, 0.1) is 23.2 Å². The quantitative estimate of drug-likeness (QED) is 0.598. The molecular formula is C10H12O2. The van der Waals surface area contributed by atoms with Gasteiger partial charge >= 0.3 is 5.97 Å². The van der Waals surface area contributed by atoms with Gasteiger partial charge in [0.25, 0.3) is 0 Å². The number of hydrogen-bond acceptors (Lipinski definition) is 1. The molecule has 0 aromatic rings. The number of carbonyl (C=O) groups is 1. The monoisotopic (exact) mass is 164 g/mol. The molecule has 0 unspecified atom stereocenters. The molecule has 3 aliphatic rings. The van der Waals surface area contributed by atoms with Crippen LogP contribution in [0.15, 0.2) is 12.2 Å². The van der Waals surface area contributed by atoms with E-state index < -0.39 is 5.97 Å². The highest BCUT2D eigenvalue weighted by molar-refractivity contribution is 5.72. The first-order valence-corrected chi connectivity index (χ1v) is 4.65. The molecule has 1 spiro atoms. The molecule has 1 N–H and O–H groups in total. The highest BCUT2D eigenvalue weighted by atomic mass is 16.4. The Morgan fingerprint density at radius 1 is 1.42 bits per heavy atom. The van der Waals surface area contributed by atoms with Gasteiger partial charge in [-0.15, -0.1) is 0 Å². The third kappa shape index (κ3) is 0.563. The van der Waals surface area contributed by atoms with Gasteiger partial charge in [-0.25, -0.2) is 0 Å². The molecule has 12 heavy (non-hydrogen) atoms. The largest absolute Gasteiger partial charge is 0.481 e.